The molecule has 17 heavy (non-hydrogen) atoms. The molecule has 0 atom stereocenters. The Balaban J connectivity index is 0. The van der Waals surface area contributed by atoms with Crippen molar-refractivity contribution in [1.29, 1.82) is 0 Å². The first kappa shape index (κ1) is 17.6. The Bertz CT molecular complexity index is 591. The van der Waals surface area contributed by atoms with Crippen molar-refractivity contribution in [3.8, 4) is 0 Å². The summed E-state index contributed by atoms with van der Waals surface area (Å²) in [5.74, 6) is 0. The van der Waals surface area contributed by atoms with Crippen LogP contribution in [0.15, 0.2) is 21.9 Å². The molecule has 1 aromatic carbocycles. The SMILES string of the molecule is O=S(=O)(O)c1cc(Cl)cc(S(=O)(=O)O)c1Cl.[H-].[Na+]. The Kier molecular flexibility index (Phi) is 5.93. The van der Waals surface area contributed by atoms with Crippen LogP contribution >= 0.6 is 23.2 Å². The van der Waals surface area contributed by atoms with Crippen LogP contribution in [0.3, 0.4) is 0 Å². The summed E-state index contributed by atoms with van der Waals surface area (Å²) in [6, 6.07) is 1.52. The van der Waals surface area contributed by atoms with Gasteiger partial charge in [-0.2, -0.15) is 16.8 Å². The molecule has 6 nitrogen and oxygen atoms in total. The third-order valence-corrected chi connectivity index (χ3v) is 4.13. The summed E-state index contributed by atoms with van der Waals surface area (Å²) in [4.78, 5) is -1.79. The molecule has 0 saturated carbocycles. The summed E-state index contributed by atoms with van der Waals surface area (Å²) < 4.78 is 60.8. The van der Waals surface area contributed by atoms with Crippen LogP contribution in [-0.4, -0.2) is 25.9 Å². The van der Waals surface area contributed by atoms with Crippen molar-refractivity contribution in [3.63, 3.8) is 0 Å². The van der Waals surface area contributed by atoms with Crippen LogP contribution in [0.25, 0.3) is 0 Å². The zero-order valence-electron chi connectivity index (χ0n) is 9.25. The van der Waals surface area contributed by atoms with E-state index in [4.69, 9.17) is 32.3 Å². The van der Waals surface area contributed by atoms with Gasteiger partial charge in [0.2, 0.25) is 0 Å². The second kappa shape index (κ2) is 5.72. The molecular formula is C6H5Cl2NaO6S2. The van der Waals surface area contributed by atoms with Gasteiger partial charge in [-0.3, -0.25) is 9.11 Å². The smallest absolute Gasteiger partial charge is 1.00 e. The normalized spacial score (nSPS) is 12.0. The standard InChI is InChI=1S/C6H4Cl2O6S2.Na.H/c7-3-1-4(15(9,10)11)6(8)5(2-3)16(12,13)14;;/h1-2H,(H,9,10,11)(H,12,13,14);;/q;+1;-1. The van der Waals surface area contributed by atoms with Crippen LogP contribution in [0, 0.1) is 0 Å². The minimum absolute atomic E-state index is 0. The topological polar surface area (TPSA) is 109 Å². The van der Waals surface area contributed by atoms with E-state index in [1.54, 1.807) is 0 Å². The molecule has 0 saturated heterocycles. The first-order chi connectivity index (χ1) is 7.03. The van der Waals surface area contributed by atoms with Gasteiger partial charge in [0.25, 0.3) is 20.2 Å². The molecular weight excluding hydrogens is 326 g/mol. The number of rotatable bonds is 2. The van der Waals surface area contributed by atoms with Gasteiger partial charge in [-0.1, -0.05) is 23.2 Å². The summed E-state index contributed by atoms with van der Waals surface area (Å²) in [5.41, 5.74) is 0. The van der Waals surface area contributed by atoms with E-state index in [1.807, 2.05) is 0 Å². The molecule has 1 rings (SSSR count). The molecule has 0 spiro atoms. The monoisotopic (exact) mass is 330 g/mol. The predicted octanol–water partition coefficient (Wildman–Crippen LogP) is -1.40. The second-order valence-corrected chi connectivity index (χ2v) is 6.26. The Morgan fingerprint density at radius 2 is 1.24 bits per heavy atom. The summed E-state index contributed by atoms with van der Waals surface area (Å²) in [6.45, 7) is 0. The molecule has 0 heterocycles. The van der Waals surface area contributed by atoms with E-state index < -0.39 is 35.0 Å². The van der Waals surface area contributed by atoms with Gasteiger partial charge in [0.05, 0.1) is 5.02 Å². The Hall–Kier alpha value is 0.620. The van der Waals surface area contributed by atoms with E-state index in [0.29, 0.717) is 0 Å². The summed E-state index contributed by atoms with van der Waals surface area (Å²) in [6.07, 6.45) is 0. The van der Waals surface area contributed by atoms with Crippen LogP contribution < -0.4 is 29.6 Å². The molecule has 0 aliphatic carbocycles. The van der Waals surface area contributed by atoms with Crippen molar-refractivity contribution in [1.82, 2.24) is 0 Å². The molecule has 0 fully saturated rings. The fourth-order valence-corrected chi connectivity index (χ4v) is 3.25. The van der Waals surface area contributed by atoms with Gasteiger partial charge in [0.1, 0.15) is 9.79 Å². The first-order valence-corrected chi connectivity index (χ1v) is 7.11. The van der Waals surface area contributed by atoms with Crippen molar-refractivity contribution >= 4 is 43.4 Å². The Labute approximate surface area is 131 Å². The number of hydrogen-bond donors (Lipinski definition) is 2. The van der Waals surface area contributed by atoms with Crippen LogP contribution in [-0.2, 0) is 20.2 Å². The molecule has 0 amide bonds. The molecule has 0 aliphatic heterocycles. The van der Waals surface area contributed by atoms with Crippen LogP contribution in [0.2, 0.25) is 10.0 Å². The second-order valence-electron chi connectivity index (χ2n) is 2.67. The summed E-state index contributed by atoms with van der Waals surface area (Å²) >= 11 is 10.8. The van der Waals surface area contributed by atoms with Crippen molar-refractivity contribution in [2.75, 3.05) is 0 Å². The van der Waals surface area contributed by atoms with Gasteiger partial charge < -0.3 is 1.43 Å². The van der Waals surface area contributed by atoms with Crippen LogP contribution in [0.5, 0.6) is 0 Å². The fraction of sp³-hybridized carbons (Fsp3) is 0. The fourth-order valence-electron chi connectivity index (χ4n) is 0.916. The molecule has 1 aromatic rings. The molecule has 0 aromatic heterocycles. The van der Waals surface area contributed by atoms with Crippen LogP contribution in [0.4, 0.5) is 0 Å². The van der Waals surface area contributed by atoms with E-state index in [0.717, 1.165) is 12.1 Å². The summed E-state index contributed by atoms with van der Waals surface area (Å²) in [7, 11) is -9.46. The molecule has 92 valence electrons. The number of benzene rings is 1. The van der Waals surface area contributed by atoms with Gasteiger partial charge >= 0.3 is 29.6 Å². The largest absolute Gasteiger partial charge is 1.00 e. The van der Waals surface area contributed by atoms with E-state index in [-0.39, 0.29) is 36.0 Å². The maximum atomic E-state index is 10.8. The molecule has 0 bridgehead atoms. The summed E-state index contributed by atoms with van der Waals surface area (Å²) in [5, 5.41) is -1.14. The minimum atomic E-state index is -4.73. The Morgan fingerprint density at radius 1 is 0.941 bits per heavy atom. The maximum Gasteiger partial charge on any atom is 1.00 e. The maximum absolute atomic E-state index is 10.8. The van der Waals surface area contributed by atoms with Gasteiger partial charge in [0, 0.05) is 5.02 Å². The van der Waals surface area contributed by atoms with Crippen molar-refractivity contribution in [2.45, 2.75) is 9.79 Å². The molecule has 0 unspecified atom stereocenters. The van der Waals surface area contributed by atoms with E-state index in [2.05, 4.69) is 0 Å². The van der Waals surface area contributed by atoms with Crippen molar-refractivity contribution < 1.29 is 56.9 Å². The zero-order valence-corrected chi connectivity index (χ0v) is 13.4. The third kappa shape index (κ3) is 4.34. The van der Waals surface area contributed by atoms with Gasteiger partial charge in [-0.05, 0) is 12.1 Å². The van der Waals surface area contributed by atoms with Gasteiger partial charge in [0.15, 0.2) is 0 Å². The average Bonchev–Trinajstić information content (AvgIpc) is 2.04. The first-order valence-electron chi connectivity index (χ1n) is 3.47. The predicted molar refractivity (Wildman–Crippen MR) is 57.2 cm³/mol. The van der Waals surface area contributed by atoms with Crippen molar-refractivity contribution in [2.24, 2.45) is 0 Å². The third-order valence-electron chi connectivity index (χ3n) is 1.53. The zero-order chi connectivity index (χ0) is 12.7. The van der Waals surface area contributed by atoms with Crippen molar-refractivity contribution in [3.05, 3.63) is 22.2 Å². The quantitative estimate of drug-likeness (QED) is 0.510. The number of halogens is 2. The van der Waals surface area contributed by atoms with E-state index >= 15 is 0 Å². The van der Waals surface area contributed by atoms with Crippen LogP contribution in [0.1, 0.15) is 1.43 Å². The van der Waals surface area contributed by atoms with Gasteiger partial charge in [-0.25, -0.2) is 0 Å². The minimum Gasteiger partial charge on any atom is -1.00 e. The van der Waals surface area contributed by atoms with E-state index in [9.17, 15) is 16.8 Å². The molecule has 0 radical (unpaired) electrons. The average molecular weight is 331 g/mol. The molecule has 2 N–H and O–H groups in total. The Morgan fingerprint density at radius 3 is 1.47 bits per heavy atom. The molecule has 0 aliphatic rings. The van der Waals surface area contributed by atoms with Gasteiger partial charge in [-0.15, -0.1) is 0 Å². The number of hydrogen-bond acceptors (Lipinski definition) is 4. The van der Waals surface area contributed by atoms with E-state index in [1.165, 1.54) is 0 Å². The molecule has 11 heteroatoms.